The van der Waals surface area contributed by atoms with Crippen LogP contribution in [0.2, 0.25) is 5.02 Å². The van der Waals surface area contributed by atoms with Crippen LogP contribution in [0.1, 0.15) is 25.5 Å². The van der Waals surface area contributed by atoms with Crippen LogP contribution in [-0.4, -0.2) is 22.3 Å². The predicted molar refractivity (Wildman–Crippen MR) is 85.0 cm³/mol. The van der Waals surface area contributed by atoms with Crippen molar-refractivity contribution in [3.05, 3.63) is 41.4 Å². The fourth-order valence-electron chi connectivity index (χ4n) is 3.06. The van der Waals surface area contributed by atoms with Crippen molar-refractivity contribution < 1.29 is 4.74 Å². The molecule has 0 amide bonds. The highest BCUT2D eigenvalue weighted by molar-refractivity contribution is 7.80. The first kappa shape index (κ1) is 13.7. The molecule has 0 spiro atoms. The van der Waals surface area contributed by atoms with Gasteiger partial charge in [-0.1, -0.05) is 24.6 Å². The summed E-state index contributed by atoms with van der Waals surface area (Å²) in [4.78, 5) is 2.05. The Bertz CT molecular complexity index is 591. The first-order valence-corrected chi connectivity index (χ1v) is 7.43. The number of rotatable bonds is 2. The highest BCUT2D eigenvalue weighted by Crippen LogP contribution is 2.48. The van der Waals surface area contributed by atoms with Crippen LogP contribution in [-0.2, 0) is 0 Å². The smallest absolute Gasteiger partial charge is 0.187 e. The molecule has 1 aromatic rings. The van der Waals surface area contributed by atoms with E-state index < -0.39 is 5.72 Å². The molecule has 0 saturated carbocycles. The lowest BCUT2D eigenvalue weighted by Gasteiger charge is -2.56. The molecular weight excluding hydrogens is 292 g/mol. The lowest BCUT2D eigenvalue weighted by molar-refractivity contribution is -0.106. The van der Waals surface area contributed by atoms with Gasteiger partial charge in [-0.3, -0.25) is 0 Å². The maximum Gasteiger partial charge on any atom is 0.187 e. The minimum atomic E-state index is -0.470. The van der Waals surface area contributed by atoms with Crippen molar-refractivity contribution in [2.24, 2.45) is 5.92 Å². The van der Waals surface area contributed by atoms with Crippen molar-refractivity contribution >= 4 is 28.9 Å². The Morgan fingerprint density at radius 3 is 3.05 bits per heavy atom. The molecule has 2 aliphatic heterocycles. The van der Waals surface area contributed by atoms with Gasteiger partial charge in [0, 0.05) is 23.0 Å². The zero-order valence-electron chi connectivity index (χ0n) is 11.5. The summed E-state index contributed by atoms with van der Waals surface area (Å²) in [6.07, 6.45) is 1.84. The van der Waals surface area contributed by atoms with Gasteiger partial charge in [0.2, 0.25) is 0 Å². The number of ether oxygens (including phenoxy) is 1. The second kappa shape index (κ2) is 4.64. The third kappa shape index (κ3) is 1.82. The normalized spacial score (nSPS) is 31.1. The van der Waals surface area contributed by atoms with Crippen molar-refractivity contribution in [1.82, 2.24) is 10.2 Å². The van der Waals surface area contributed by atoms with Gasteiger partial charge in [0.15, 0.2) is 10.8 Å². The molecule has 3 nitrogen and oxygen atoms in total. The van der Waals surface area contributed by atoms with Gasteiger partial charge in [0.25, 0.3) is 0 Å². The second-order valence-electron chi connectivity index (χ2n) is 5.45. The second-order valence-corrected chi connectivity index (χ2v) is 6.28. The van der Waals surface area contributed by atoms with Gasteiger partial charge < -0.3 is 15.0 Å². The number of hydrogen-bond donors (Lipinski definition) is 1. The largest absolute Gasteiger partial charge is 0.467 e. The molecular formula is C15H17ClN2OS. The van der Waals surface area contributed by atoms with E-state index in [0.717, 1.165) is 11.3 Å². The fraction of sp³-hybridized carbons (Fsp3) is 0.400. The minimum Gasteiger partial charge on any atom is -0.467 e. The summed E-state index contributed by atoms with van der Waals surface area (Å²) in [6.45, 7) is 8.71. The standard InChI is InChI=1S/C15H17ClN2OS/c1-4-7-18-14(20)17-13-9(2)15(18,3)19-12-6-5-10(16)8-11(12)13/h4-6,8-9,13H,1,7H2,2-3H3,(H,17,20). The average Bonchev–Trinajstić information content (AvgIpc) is 2.40. The summed E-state index contributed by atoms with van der Waals surface area (Å²) >= 11 is 11.6. The van der Waals surface area contributed by atoms with Crippen LogP contribution < -0.4 is 10.1 Å². The first-order valence-electron chi connectivity index (χ1n) is 6.65. The van der Waals surface area contributed by atoms with E-state index in [-0.39, 0.29) is 12.0 Å². The third-order valence-electron chi connectivity index (χ3n) is 4.34. The van der Waals surface area contributed by atoms with E-state index in [4.69, 9.17) is 28.6 Å². The van der Waals surface area contributed by atoms with Crippen molar-refractivity contribution in [3.8, 4) is 5.75 Å². The topological polar surface area (TPSA) is 24.5 Å². The number of hydrogen-bond acceptors (Lipinski definition) is 2. The lowest BCUT2D eigenvalue weighted by atomic mass is 9.81. The number of nitrogens with zero attached hydrogens (tertiary/aromatic N) is 1. The maximum absolute atomic E-state index is 6.29. The molecule has 5 heteroatoms. The number of halogens is 1. The van der Waals surface area contributed by atoms with E-state index in [1.807, 2.05) is 29.2 Å². The minimum absolute atomic E-state index is 0.121. The molecule has 0 aliphatic carbocycles. The first-order chi connectivity index (χ1) is 9.47. The van der Waals surface area contributed by atoms with E-state index >= 15 is 0 Å². The van der Waals surface area contributed by atoms with Crippen LogP contribution in [0.25, 0.3) is 0 Å². The molecule has 0 radical (unpaired) electrons. The summed E-state index contributed by atoms with van der Waals surface area (Å²) in [5.74, 6) is 1.10. The van der Waals surface area contributed by atoms with E-state index in [9.17, 15) is 0 Å². The number of fused-ring (bicyclic) bond motifs is 4. The number of nitrogens with one attached hydrogen (secondary N) is 1. The number of benzene rings is 1. The van der Waals surface area contributed by atoms with E-state index in [0.29, 0.717) is 16.7 Å². The fourth-order valence-corrected chi connectivity index (χ4v) is 3.62. The third-order valence-corrected chi connectivity index (χ3v) is 4.91. The van der Waals surface area contributed by atoms with Crippen molar-refractivity contribution in [2.45, 2.75) is 25.6 Å². The average molecular weight is 309 g/mol. The summed E-state index contributed by atoms with van der Waals surface area (Å²) in [5.41, 5.74) is 0.602. The SMILES string of the molecule is C=CCN1C(=S)NC2c3cc(Cl)ccc3OC1(C)C2C. The lowest BCUT2D eigenvalue weighted by Crippen LogP contribution is -2.68. The Hall–Kier alpha value is -1.26. The van der Waals surface area contributed by atoms with Crippen LogP contribution in [0.15, 0.2) is 30.9 Å². The van der Waals surface area contributed by atoms with Crippen LogP contribution in [0, 0.1) is 5.92 Å². The molecule has 2 aliphatic rings. The molecule has 3 unspecified atom stereocenters. The zero-order chi connectivity index (χ0) is 14.5. The van der Waals surface area contributed by atoms with Gasteiger partial charge in [-0.05, 0) is 37.3 Å². The summed E-state index contributed by atoms with van der Waals surface area (Å²) in [5, 5.41) is 4.82. The van der Waals surface area contributed by atoms with Gasteiger partial charge in [0.05, 0.1) is 6.04 Å². The Labute approximate surface area is 129 Å². The Kier molecular flexibility index (Phi) is 3.18. The molecule has 1 aromatic carbocycles. The molecule has 3 rings (SSSR count). The van der Waals surface area contributed by atoms with Crippen LogP contribution in [0.4, 0.5) is 0 Å². The highest BCUT2D eigenvalue weighted by Gasteiger charge is 2.52. The number of thiocarbonyl (C=S) groups is 1. The zero-order valence-corrected chi connectivity index (χ0v) is 13.1. The molecule has 106 valence electrons. The molecule has 0 aromatic heterocycles. The van der Waals surface area contributed by atoms with Crippen molar-refractivity contribution in [2.75, 3.05) is 6.54 Å². The Balaban J connectivity index is 2.12. The van der Waals surface area contributed by atoms with E-state index in [1.165, 1.54) is 0 Å². The van der Waals surface area contributed by atoms with Gasteiger partial charge in [-0.15, -0.1) is 6.58 Å². The van der Waals surface area contributed by atoms with Gasteiger partial charge in [0.1, 0.15) is 5.75 Å². The van der Waals surface area contributed by atoms with Crippen molar-refractivity contribution in [3.63, 3.8) is 0 Å². The summed E-state index contributed by atoms with van der Waals surface area (Å²) < 4.78 is 6.29. The quantitative estimate of drug-likeness (QED) is 0.667. The molecule has 2 heterocycles. The van der Waals surface area contributed by atoms with E-state index in [1.54, 1.807) is 0 Å². The summed E-state index contributed by atoms with van der Waals surface area (Å²) in [7, 11) is 0. The molecule has 1 saturated heterocycles. The van der Waals surface area contributed by atoms with Gasteiger partial charge >= 0.3 is 0 Å². The maximum atomic E-state index is 6.29. The van der Waals surface area contributed by atoms with Crippen LogP contribution >= 0.6 is 23.8 Å². The van der Waals surface area contributed by atoms with E-state index in [2.05, 4.69) is 25.7 Å². The highest BCUT2D eigenvalue weighted by atomic mass is 35.5. The van der Waals surface area contributed by atoms with Crippen LogP contribution in [0.5, 0.6) is 5.75 Å². The van der Waals surface area contributed by atoms with Gasteiger partial charge in [-0.2, -0.15) is 0 Å². The molecule has 2 bridgehead atoms. The molecule has 20 heavy (non-hydrogen) atoms. The molecule has 3 atom stereocenters. The molecule has 1 fully saturated rings. The van der Waals surface area contributed by atoms with Gasteiger partial charge in [-0.25, -0.2) is 0 Å². The van der Waals surface area contributed by atoms with Crippen LogP contribution in [0.3, 0.4) is 0 Å². The Morgan fingerprint density at radius 2 is 2.35 bits per heavy atom. The van der Waals surface area contributed by atoms with Crippen molar-refractivity contribution in [1.29, 1.82) is 0 Å². The Morgan fingerprint density at radius 1 is 1.60 bits per heavy atom. The monoisotopic (exact) mass is 308 g/mol. The molecule has 1 N–H and O–H groups in total. The predicted octanol–water partition coefficient (Wildman–Crippen LogP) is 3.50. The summed E-state index contributed by atoms with van der Waals surface area (Å²) in [6, 6.07) is 5.86.